The first-order valence-corrected chi connectivity index (χ1v) is 8.51. The van der Waals surface area contributed by atoms with Crippen LogP contribution in [0.25, 0.3) is 0 Å². The van der Waals surface area contributed by atoms with E-state index < -0.39 is 31.7 Å². The maximum atomic E-state index is 13.6. The van der Waals surface area contributed by atoms with Gasteiger partial charge in [0.15, 0.2) is 0 Å². The second-order valence-corrected chi connectivity index (χ2v) is 7.11. The van der Waals surface area contributed by atoms with E-state index in [2.05, 4.69) is 5.32 Å². The van der Waals surface area contributed by atoms with Crippen LogP contribution in [-0.4, -0.2) is 20.9 Å². The first-order valence-electron chi connectivity index (χ1n) is 6.59. The van der Waals surface area contributed by atoms with Gasteiger partial charge in [-0.3, -0.25) is 4.79 Å². The van der Waals surface area contributed by atoms with Crippen LogP contribution in [0.1, 0.15) is 36.0 Å². The highest BCUT2D eigenvalue weighted by Crippen LogP contribution is 2.26. The van der Waals surface area contributed by atoms with Crippen molar-refractivity contribution in [3.05, 3.63) is 28.5 Å². The predicted octanol–water partition coefficient (Wildman–Crippen LogP) is 2.05. The highest BCUT2D eigenvalue weighted by Gasteiger charge is 2.21. The van der Waals surface area contributed by atoms with Gasteiger partial charge in [0, 0.05) is 6.54 Å². The number of halogens is 2. The molecule has 0 atom stereocenters. The van der Waals surface area contributed by atoms with Gasteiger partial charge < -0.3 is 5.32 Å². The third kappa shape index (κ3) is 3.93. The Kier molecular flexibility index (Phi) is 4.85. The SMILES string of the molecule is NS(=O)(=O)c1cc(F)c(Cl)c(C(=O)NCC2CCCC2)c1. The number of carbonyl (C=O) groups excluding carboxylic acids is 1. The molecule has 0 bridgehead atoms. The van der Waals surface area contributed by atoms with Crippen molar-refractivity contribution in [2.75, 3.05) is 6.54 Å². The number of benzene rings is 1. The molecule has 1 aliphatic carbocycles. The maximum absolute atomic E-state index is 13.6. The molecule has 0 radical (unpaired) electrons. The first kappa shape index (κ1) is 16.2. The van der Waals surface area contributed by atoms with Crippen LogP contribution in [0.5, 0.6) is 0 Å². The van der Waals surface area contributed by atoms with Crippen LogP contribution in [0.4, 0.5) is 4.39 Å². The minimum Gasteiger partial charge on any atom is -0.352 e. The summed E-state index contributed by atoms with van der Waals surface area (Å²) in [5, 5.41) is 7.20. The lowest BCUT2D eigenvalue weighted by Gasteiger charge is -2.12. The zero-order valence-corrected chi connectivity index (χ0v) is 12.8. The fourth-order valence-electron chi connectivity index (χ4n) is 2.44. The van der Waals surface area contributed by atoms with Gasteiger partial charge in [-0.05, 0) is 30.9 Å². The number of nitrogens with two attached hydrogens (primary N) is 1. The van der Waals surface area contributed by atoms with Crippen LogP contribution in [0, 0.1) is 11.7 Å². The van der Waals surface area contributed by atoms with E-state index in [1.165, 1.54) is 0 Å². The van der Waals surface area contributed by atoms with E-state index in [0.717, 1.165) is 31.7 Å². The normalized spacial score (nSPS) is 16.1. The van der Waals surface area contributed by atoms with Crippen molar-refractivity contribution in [1.82, 2.24) is 5.32 Å². The summed E-state index contributed by atoms with van der Waals surface area (Å²) < 4.78 is 36.2. The van der Waals surface area contributed by atoms with Crippen molar-refractivity contribution in [3.8, 4) is 0 Å². The Morgan fingerprint density at radius 1 is 1.38 bits per heavy atom. The molecule has 21 heavy (non-hydrogen) atoms. The first-order chi connectivity index (χ1) is 9.79. The molecule has 3 N–H and O–H groups in total. The minimum atomic E-state index is -4.11. The monoisotopic (exact) mass is 334 g/mol. The molecule has 1 aliphatic rings. The molecule has 1 aromatic rings. The Morgan fingerprint density at radius 2 is 2.00 bits per heavy atom. The fraction of sp³-hybridized carbons (Fsp3) is 0.462. The molecule has 0 aliphatic heterocycles. The topological polar surface area (TPSA) is 89.3 Å². The van der Waals surface area contributed by atoms with Gasteiger partial charge in [0.05, 0.1) is 15.5 Å². The van der Waals surface area contributed by atoms with Gasteiger partial charge in [0.2, 0.25) is 10.0 Å². The zero-order chi connectivity index (χ0) is 15.6. The zero-order valence-electron chi connectivity index (χ0n) is 11.2. The molecule has 0 saturated heterocycles. The molecule has 2 rings (SSSR count). The number of hydrogen-bond acceptors (Lipinski definition) is 3. The van der Waals surface area contributed by atoms with Gasteiger partial charge in [-0.15, -0.1) is 0 Å². The summed E-state index contributed by atoms with van der Waals surface area (Å²) in [5.74, 6) is -1.19. The quantitative estimate of drug-likeness (QED) is 0.883. The Labute approximate surface area is 127 Å². The molecule has 0 aromatic heterocycles. The molecule has 0 heterocycles. The smallest absolute Gasteiger partial charge is 0.252 e. The minimum absolute atomic E-state index is 0.223. The standard InChI is InChI=1S/C13H16ClFN2O3S/c14-12-10(5-9(6-11(12)15)21(16,19)20)13(18)17-7-8-3-1-2-4-8/h5-6,8H,1-4,7H2,(H,17,18)(H2,16,19,20). The van der Waals surface area contributed by atoms with Crippen LogP contribution >= 0.6 is 11.6 Å². The van der Waals surface area contributed by atoms with Crippen LogP contribution in [0.3, 0.4) is 0 Å². The lowest BCUT2D eigenvalue weighted by Crippen LogP contribution is -2.29. The molecule has 1 aromatic carbocycles. The van der Waals surface area contributed by atoms with Crippen molar-refractivity contribution >= 4 is 27.5 Å². The summed E-state index contributed by atoms with van der Waals surface area (Å²) in [7, 11) is -4.11. The average Bonchev–Trinajstić information content (AvgIpc) is 2.91. The van der Waals surface area contributed by atoms with Gasteiger partial charge in [0.25, 0.3) is 5.91 Å². The van der Waals surface area contributed by atoms with Gasteiger partial charge >= 0.3 is 0 Å². The molecule has 1 amide bonds. The number of hydrogen-bond donors (Lipinski definition) is 2. The summed E-state index contributed by atoms with van der Waals surface area (Å²) in [6.45, 7) is 0.469. The Balaban J connectivity index is 2.21. The van der Waals surface area contributed by atoms with E-state index in [0.29, 0.717) is 18.5 Å². The lowest BCUT2D eigenvalue weighted by atomic mass is 10.1. The molecule has 0 unspecified atom stereocenters. The van der Waals surface area contributed by atoms with Crippen molar-refractivity contribution in [2.24, 2.45) is 11.1 Å². The van der Waals surface area contributed by atoms with Crippen LogP contribution in [0.2, 0.25) is 5.02 Å². The van der Waals surface area contributed by atoms with Crippen LogP contribution in [-0.2, 0) is 10.0 Å². The molecule has 116 valence electrons. The number of primary sulfonamides is 1. The predicted molar refractivity (Wildman–Crippen MR) is 77.1 cm³/mol. The number of sulfonamides is 1. The van der Waals surface area contributed by atoms with Crippen molar-refractivity contribution in [2.45, 2.75) is 30.6 Å². The van der Waals surface area contributed by atoms with E-state index in [1.54, 1.807) is 0 Å². The average molecular weight is 335 g/mol. The highest BCUT2D eigenvalue weighted by atomic mass is 35.5. The summed E-state index contributed by atoms with van der Waals surface area (Å²) in [4.78, 5) is 11.6. The Bertz CT molecular complexity index is 658. The van der Waals surface area contributed by atoms with E-state index in [-0.39, 0.29) is 5.56 Å². The van der Waals surface area contributed by atoms with Gasteiger partial charge in [-0.2, -0.15) is 0 Å². The molecule has 8 heteroatoms. The molecular formula is C13H16ClFN2O3S. The third-order valence-corrected chi connectivity index (χ3v) is 4.88. The van der Waals surface area contributed by atoms with Gasteiger partial charge in [0.1, 0.15) is 5.82 Å². The summed E-state index contributed by atoms with van der Waals surface area (Å²) >= 11 is 5.73. The van der Waals surface area contributed by atoms with Crippen LogP contribution in [0.15, 0.2) is 17.0 Å². The van der Waals surface area contributed by atoms with Gasteiger partial charge in [-0.1, -0.05) is 24.4 Å². The third-order valence-electron chi connectivity index (χ3n) is 3.60. The number of nitrogens with one attached hydrogen (secondary N) is 1. The van der Waals surface area contributed by atoms with Crippen LogP contribution < -0.4 is 10.5 Å². The van der Waals surface area contributed by atoms with E-state index in [4.69, 9.17) is 16.7 Å². The summed E-state index contributed by atoms with van der Waals surface area (Å²) in [5.41, 5.74) is -0.223. The second kappa shape index (κ2) is 6.29. The Morgan fingerprint density at radius 3 is 2.57 bits per heavy atom. The highest BCUT2D eigenvalue weighted by molar-refractivity contribution is 7.89. The molecule has 0 spiro atoms. The van der Waals surface area contributed by atoms with Crippen molar-refractivity contribution in [3.63, 3.8) is 0 Å². The van der Waals surface area contributed by atoms with E-state index in [9.17, 15) is 17.6 Å². The molecule has 5 nitrogen and oxygen atoms in total. The summed E-state index contributed by atoms with van der Waals surface area (Å²) in [6.07, 6.45) is 4.35. The summed E-state index contributed by atoms with van der Waals surface area (Å²) in [6, 6.07) is 1.69. The lowest BCUT2D eigenvalue weighted by molar-refractivity contribution is 0.0947. The number of rotatable bonds is 4. The van der Waals surface area contributed by atoms with Crippen molar-refractivity contribution < 1.29 is 17.6 Å². The number of amides is 1. The number of carbonyl (C=O) groups is 1. The molecular weight excluding hydrogens is 319 g/mol. The largest absolute Gasteiger partial charge is 0.352 e. The Hall–Kier alpha value is -1.18. The maximum Gasteiger partial charge on any atom is 0.252 e. The van der Waals surface area contributed by atoms with E-state index >= 15 is 0 Å². The van der Waals surface area contributed by atoms with E-state index in [1.807, 2.05) is 0 Å². The molecule has 1 saturated carbocycles. The fourth-order valence-corrected chi connectivity index (χ4v) is 3.19. The molecule has 1 fully saturated rings. The van der Waals surface area contributed by atoms with Crippen molar-refractivity contribution in [1.29, 1.82) is 0 Å². The van der Waals surface area contributed by atoms with Gasteiger partial charge in [-0.25, -0.2) is 17.9 Å². The second-order valence-electron chi connectivity index (χ2n) is 5.17.